The quantitative estimate of drug-likeness (QED) is 0.561. The van der Waals surface area contributed by atoms with E-state index in [-0.39, 0.29) is 5.91 Å². The van der Waals surface area contributed by atoms with E-state index in [2.05, 4.69) is 15.5 Å². The average Bonchev–Trinajstić information content (AvgIpc) is 2.99. The molecule has 5 heteroatoms. The Hall–Kier alpha value is -3.08. The number of hydrogen-bond donors (Lipinski definition) is 2. The van der Waals surface area contributed by atoms with Crippen LogP contribution in [0.3, 0.4) is 0 Å². The van der Waals surface area contributed by atoms with Crippen molar-refractivity contribution in [3.05, 3.63) is 65.9 Å². The lowest BCUT2D eigenvalue weighted by Gasteiger charge is -2.03. The fourth-order valence-electron chi connectivity index (χ4n) is 2.34. The monoisotopic (exact) mass is 307 g/mol. The summed E-state index contributed by atoms with van der Waals surface area (Å²) < 4.78 is 5.43. The fraction of sp³-hybridized carbons (Fsp3) is 0.111. The number of carbonyl (C=O) groups excluding carboxylic acids is 1. The molecule has 1 aromatic heterocycles. The molecule has 1 heterocycles. The van der Waals surface area contributed by atoms with E-state index in [1.54, 1.807) is 12.4 Å². The number of amides is 1. The molecule has 2 aromatic carbocycles. The van der Waals surface area contributed by atoms with Crippen LogP contribution in [0, 0.1) is 0 Å². The predicted molar refractivity (Wildman–Crippen MR) is 91.0 cm³/mol. The maximum atomic E-state index is 12.2. The summed E-state index contributed by atoms with van der Waals surface area (Å²) in [5, 5.41) is 4.89. The molecule has 3 rings (SSSR count). The lowest BCUT2D eigenvalue weighted by Crippen LogP contribution is -2.17. The van der Waals surface area contributed by atoms with Crippen molar-refractivity contribution in [1.82, 2.24) is 10.4 Å². The number of carbonyl (C=O) groups is 1. The predicted octanol–water partition coefficient (Wildman–Crippen LogP) is 3.33. The maximum Gasteiger partial charge on any atom is 0.273 e. The van der Waals surface area contributed by atoms with Gasteiger partial charge in [0.25, 0.3) is 5.91 Å². The van der Waals surface area contributed by atoms with Gasteiger partial charge in [0.1, 0.15) is 5.75 Å². The van der Waals surface area contributed by atoms with Crippen LogP contribution in [0.15, 0.2) is 59.8 Å². The number of hydrazone groups is 1. The minimum atomic E-state index is -0.250. The van der Waals surface area contributed by atoms with Crippen molar-refractivity contribution in [1.29, 1.82) is 0 Å². The normalized spacial score (nSPS) is 11.0. The summed E-state index contributed by atoms with van der Waals surface area (Å²) in [7, 11) is 0. The number of ether oxygens (including phenoxy) is 1. The third kappa shape index (κ3) is 3.40. The lowest BCUT2D eigenvalue weighted by atomic mass is 10.2. The molecule has 5 nitrogen and oxygen atoms in total. The number of benzene rings is 2. The molecule has 0 aliphatic heterocycles. The van der Waals surface area contributed by atoms with Crippen LogP contribution in [0.25, 0.3) is 10.9 Å². The van der Waals surface area contributed by atoms with Crippen molar-refractivity contribution in [3.63, 3.8) is 0 Å². The van der Waals surface area contributed by atoms with Crippen LogP contribution in [0.2, 0.25) is 0 Å². The van der Waals surface area contributed by atoms with E-state index in [4.69, 9.17) is 4.74 Å². The van der Waals surface area contributed by atoms with Crippen LogP contribution in [0.5, 0.6) is 5.75 Å². The number of aromatic amines is 1. The van der Waals surface area contributed by atoms with Crippen molar-refractivity contribution in [2.45, 2.75) is 6.92 Å². The smallest absolute Gasteiger partial charge is 0.273 e. The zero-order chi connectivity index (χ0) is 16.1. The second-order valence-electron chi connectivity index (χ2n) is 4.95. The van der Waals surface area contributed by atoms with Gasteiger partial charge in [-0.05, 0) is 30.7 Å². The minimum Gasteiger partial charge on any atom is -0.494 e. The number of hydrogen-bond acceptors (Lipinski definition) is 3. The van der Waals surface area contributed by atoms with Crippen LogP contribution in [-0.2, 0) is 0 Å². The second-order valence-corrected chi connectivity index (χ2v) is 4.95. The van der Waals surface area contributed by atoms with Gasteiger partial charge in [-0.3, -0.25) is 4.79 Å². The summed E-state index contributed by atoms with van der Waals surface area (Å²) in [5.74, 6) is 0.527. The van der Waals surface area contributed by atoms with Gasteiger partial charge in [-0.25, -0.2) is 5.43 Å². The van der Waals surface area contributed by atoms with E-state index >= 15 is 0 Å². The molecule has 0 fully saturated rings. The molecule has 0 aliphatic carbocycles. The van der Waals surface area contributed by atoms with Crippen LogP contribution < -0.4 is 10.2 Å². The minimum absolute atomic E-state index is 0.250. The molecular formula is C18H17N3O2. The molecule has 0 bridgehead atoms. The summed E-state index contributed by atoms with van der Waals surface area (Å²) in [6.45, 7) is 2.54. The van der Waals surface area contributed by atoms with Crippen LogP contribution in [0.4, 0.5) is 0 Å². The first-order valence-corrected chi connectivity index (χ1v) is 7.40. The van der Waals surface area contributed by atoms with Crippen molar-refractivity contribution in [2.24, 2.45) is 5.10 Å². The van der Waals surface area contributed by atoms with Gasteiger partial charge in [0.2, 0.25) is 0 Å². The number of para-hydroxylation sites is 1. The summed E-state index contributed by atoms with van der Waals surface area (Å²) >= 11 is 0. The molecule has 0 atom stereocenters. The Morgan fingerprint density at radius 2 is 2.13 bits per heavy atom. The Kier molecular flexibility index (Phi) is 4.38. The van der Waals surface area contributed by atoms with Gasteiger partial charge in [-0.1, -0.05) is 30.3 Å². The highest BCUT2D eigenvalue weighted by molar-refractivity contribution is 6.06. The average molecular weight is 307 g/mol. The van der Waals surface area contributed by atoms with E-state index in [0.717, 1.165) is 22.2 Å². The van der Waals surface area contributed by atoms with Gasteiger partial charge >= 0.3 is 0 Å². The zero-order valence-corrected chi connectivity index (χ0v) is 12.7. The molecule has 2 N–H and O–H groups in total. The first kappa shape index (κ1) is 14.8. The van der Waals surface area contributed by atoms with Gasteiger partial charge < -0.3 is 9.72 Å². The Morgan fingerprint density at radius 1 is 1.26 bits per heavy atom. The highest BCUT2D eigenvalue weighted by atomic mass is 16.5. The van der Waals surface area contributed by atoms with Gasteiger partial charge in [0.05, 0.1) is 18.4 Å². The van der Waals surface area contributed by atoms with Crippen LogP contribution in [-0.4, -0.2) is 23.7 Å². The zero-order valence-electron chi connectivity index (χ0n) is 12.7. The molecule has 0 spiro atoms. The third-order valence-corrected chi connectivity index (χ3v) is 3.38. The molecule has 0 saturated heterocycles. The SMILES string of the molecule is CCOc1cccc(/C=N/NC(=O)c2c[nH]c3ccccc23)c1. The maximum absolute atomic E-state index is 12.2. The summed E-state index contributed by atoms with van der Waals surface area (Å²) in [4.78, 5) is 15.3. The Balaban J connectivity index is 1.70. The van der Waals surface area contributed by atoms with Crippen LogP contribution in [0.1, 0.15) is 22.8 Å². The number of rotatable bonds is 5. The lowest BCUT2D eigenvalue weighted by molar-refractivity contribution is 0.0957. The second kappa shape index (κ2) is 6.79. The van der Waals surface area contributed by atoms with E-state index in [1.807, 2.05) is 55.5 Å². The first-order valence-electron chi connectivity index (χ1n) is 7.40. The van der Waals surface area contributed by atoms with Crippen LogP contribution >= 0.6 is 0 Å². The molecule has 0 radical (unpaired) electrons. The molecule has 23 heavy (non-hydrogen) atoms. The summed E-state index contributed by atoms with van der Waals surface area (Å²) in [6.07, 6.45) is 3.28. The third-order valence-electron chi connectivity index (χ3n) is 3.38. The number of H-pyrrole nitrogens is 1. The Labute approximate surface area is 134 Å². The molecule has 0 aliphatic rings. The number of nitrogens with zero attached hydrogens (tertiary/aromatic N) is 1. The molecule has 0 unspecified atom stereocenters. The van der Waals surface area contributed by atoms with E-state index < -0.39 is 0 Å². The Bertz CT molecular complexity index is 852. The Morgan fingerprint density at radius 3 is 3.00 bits per heavy atom. The van der Waals surface area contributed by atoms with Crippen molar-refractivity contribution >= 4 is 23.0 Å². The van der Waals surface area contributed by atoms with Crippen molar-refractivity contribution in [3.8, 4) is 5.75 Å². The van der Waals surface area contributed by atoms with Gasteiger partial charge in [-0.2, -0.15) is 5.10 Å². The molecule has 116 valence electrons. The molecule has 1 amide bonds. The van der Waals surface area contributed by atoms with E-state index in [1.165, 1.54) is 0 Å². The van der Waals surface area contributed by atoms with Crippen molar-refractivity contribution in [2.75, 3.05) is 6.61 Å². The number of nitrogens with one attached hydrogen (secondary N) is 2. The van der Waals surface area contributed by atoms with Gasteiger partial charge in [0, 0.05) is 17.1 Å². The number of fused-ring (bicyclic) bond motifs is 1. The molecule has 3 aromatic rings. The topological polar surface area (TPSA) is 66.5 Å². The van der Waals surface area contributed by atoms with Gasteiger partial charge in [0.15, 0.2) is 0 Å². The van der Waals surface area contributed by atoms with E-state index in [0.29, 0.717) is 12.2 Å². The molecule has 0 saturated carbocycles. The highest BCUT2D eigenvalue weighted by Gasteiger charge is 2.10. The van der Waals surface area contributed by atoms with E-state index in [9.17, 15) is 4.79 Å². The summed E-state index contributed by atoms with van der Waals surface area (Å²) in [5.41, 5.74) is 4.90. The first-order chi connectivity index (χ1) is 11.3. The van der Waals surface area contributed by atoms with Gasteiger partial charge in [-0.15, -0.1) is 0 Å². The largest absolute Gasteiger partial charge is 0.494 e. The number of aromatic nitrogens is 1. The summed E-state index contributed by atoms with van der Waals surface area (Å²) in [6, 6.07) is 15.2. The fourth-order valence-corrected chi connectivity index (χ4v) is 2.34. The molecular weight excluding hydrogens is 290 g/mol. The van der Waals surface area contributed by atoms with Crippen molar-refractivity contribution < 1.29 is 9.53 Å². The highest BCUT2D eigenvalue weighted by Crippen LogP contribution is 2.17. The standard InChI is InChI=1S/C18H17N3O2/c1-2-23-14-7-5-6-13(10-14)11-20-21-18(22)16-12-19-17-9-4-3-8-15(16)17/h3-12,19H,2H2,1H3,(H,21,22)/b20-11+.